The third kappa shape index (κ3) is 2.97. The Morgan fingerprint density at radius 1 is 1.47 bits per heavy atom. The second kappa shape index (κ2) is 4.75. The van der Waals surface area contributed by atoms with Gasteiger partial charge in [0.2, 0.25) is 5.91 Å². The minimum atomic E-state index is -0.860. The van der Waals surface area contributed by atoms with Gasteiger partial charge in [0, 0.05) is 16.6 Å². The van der Waals surface area contributed by atoms with Crippen LogP contribution in [0.15, 0.2) is 22.7 Å². The Morgan fingerprint density at radius 2 is 2.24 bits per heavy atom. The lowest BCUT2D eigenvalue weighted by Crippen LogP contribution is -2.26. The van der Waals surface area contributed by atoms with E-state index in [1.807, 2.05) is 18.2 Å². The minimum Gasteiger partial charge on any atom is -0.445 e. The van der Waals surface area contributed by atoms with Gasteiger partial charge in [-0.3, -0.25) is 4.79 Å². The summed E-state index contributed by atoms with van der Waals surface area (Å²) in [6.07, 6.45) is -0.782. The van der Waals surface area contributed by atoms with Crippen molar-refractivity contribution < 1.29 is 14.3 Å². The Hall–Kier alpha value is -1.56. The third-order valence-corrected chi connectivity index (χ3v) is 2.98. The SMILES string of the molecule is NC(=O)OC1CC(=O)Nc2ccc(Br)cc2C1. The molecule has 5 nitrogen and oxygen atoms in total. The maximum atomic E-state index is 11.6. The van der Waals surface area contributed by atoms with Gasteiger partial charge in [-0.15, -0.1) is 0 Å². The molecule has 0 fully saturated rings. The van der Waals surface area contributed by atoms with Gasteiger partial charge in [0.15, 0.2) is 0 Å². The number of anilines is 1. The molecule has 1 aliphatic rings. The molecule has 0 radical (unpaired) electrons. The first-order chi connectivity index (χ1) is 8.04. The summed E-state index contributed by atoms with van der Waals surface area (Å²) in [5.74, 6) is -0.183. The number of primary amides is 1. The van der Waals surface area contributed by atoms with E-state index in [1.54, 1.807) is 0 Å². The summed E-state index contributed by atoms with van der Waals surface area (Å²) in [7, 11) is 0. The lowest BCUT2D eigenvalue weighted by molar-refractivity contribution is -0.117. The van der Waals surface area contributed by atoms with Crippen LogP contribution >= 0.6 is 15.9 Å². The smallest absolute Gasteiger partial charge is 0.404 e. The van der Waals surface area contributed by atoms with E-state index in [1.165, 1.54) is 0 Å². The Bertz CT molecular complexity index is 476. The van der Waals surface area contributed by atoms with Crippen LogP contribution in [0.4, 0.5) is 10.5 Å². The summed E-state index contributed by atoms with van der Waals surface area (Å²) in [6, 6.07) is 5.54. The number of hydrogen-bond acceptors (Lipinski definition) is 3. The molecule has 1 aromatic rings. The van der Waals surface area contributed by atoms with Crippen LogP contribution in [0.1, 0.15) is 12.0 Å². The number of ether oxygens (including phenoxy) is 1. The number of amides is 2. The fraction of sp³-hybridized carbons (Fsp3) is 0.273. The standard InChI is InChI=1S/C11H11BrN2O3/c12-7-1-2-9-6(3-7)4-8(17-11(13)16)5-10(15)14-9/h1-3,8H,4-5H2,(H2,13,16)(H,14,15). The topological polar surface area (TPSA) is 81.4 Å². The molecule has 6 heteroatoms. The van der Waals surface area contributed by atoms with Crippen molar-refractivity contribution >= 4 is 33.6 Å². The van der Waals surface area contributed by atoms with E-state index in [9.17, 15) is 9.59 Å². The van der Waals surface area contributed by atoms with E-state index < -0.39 is 12.2 Å². The Kier molecular flexibility index (Phi) is 3.33. The zero-order valence-corrected chi connectivity index (χ0v) is 10.5. The monoisotopic (exact) mass is 298 g/mol. The lowest BCUT2D eigenvalue weighted by atomic mass is 10.1. The highest BCUT2D eigenvalue weighted by Crippen LogP contribution is 2.26. The quantitative estimate of drug-likeness (QED) is 0.829. The molecule has 0 aliphatic carbocycles. The van der Waals surface area contributed by atoms with Crippen LogP contribution in [0.25, 0.3) is 0 Å². The molecule has 17 heavy (non-hydrogen) atoms. The van der Waals surface area contributed by atoms with Crippen LogP contribution in [0.5, 0.6) is 0 Å². The van der Waals surface area contributed by atoms with Crippen LogP contribution in [0, 0.1) is 0 Å². The van der Waals surface area contributed by atoms with Crippen molar-refractivity contribution in [2.75, 3.05) is 5.32 Å². The van der Waals surface area contributed by atoms with Crippen molar-refractivity contribution in [3.8, 4) is 0 Å². The molecule has 90 valence electrons. The lowest BCUT2D eigenvalue weighted by Gasteiger charge is -2.12. The van der Waals surface area contributed by atoms with Crippen LogP contribution in [-0.4, -0.2) is 18.1 Å². The molecule has 3 N–H and O–H groups in total. The number of halogens is 1. The third-order valence-electron chi connectivity index (χ3n) is 2.48. The van der Waals surface area contributed by atoms with E-state index in [-0.39, 0.29) is 12.3 Å². The molecular weight excluding hydrogens is 288 g/mol. The molecule has 0 saturated carbocycles. The molecule has 1 aliphatic heterocycles. The molecule has 1 atom stereocenters. The Labute approximate surface area is 106 Å². The Balaban J connectivity index is 2.28. The highest BCUT2D eigenvalue weighted by atomic mass is 79.9. The molecular formula is C11H11BrN2O3. The van der Waals surface area contributed by atoms with Gasteiger partial charge in [0.05, 0.1) is 6.42 Å². The number of benzene rings is 1. The van der Waals surface area contributed by atoms with Crippen molar-refractivity contribution in [1.82, 2.24) is 0 Å². The maximum absolute atomic E-state index is 11.6. The van der Waals surface area contributed by atoms with Crippen molar-refractivity contribution in [2.24, 2.45) is 5.73 Å². The van der Waals surface area contributed by atoms with Gasteiger partial charge in [-0.05, 0) is 23.8 Å². The second-order valence-corrected chi connectivity index (χ2v) is 4.73. The number of nitrogens with one attached hydrogen (secondary N) is 1. The molecule has 0 aromatic heterocycles. The first-order valence-electron chi connectivity index (χ1n) is 5.09. The number of hydrogen-bond donors (Lipinski definition) is 2. The average Bonchev–Trinajstić information content (AvgIpc) is 2.34. The molecule has 1 unspecified atom stereocenters. The van der Waals surface area contributed by atoms with Gasteiger partial charge < -0.3 is 15.8 Å². The van der Waals surface area contributed by atoms with Crippen LogP contribution < -0.4 is 11.1 Å². The number of nitrogens with two attached hydrogens (primary N) is 1. The van der Waals surface area contributed by atoms with Gasteiger partial charge >= 0.3 is 6.09 Å². The predicted octanol–water partition coefficient (Wildman–Crippen LogP) is 1.80. The summed E-state index contributed by atoms with van der Waals surface area (Å²) in [6.45, 7) is 0. The second-order valence-electron chi connectivity index (χ2n) is 3.82. The molecule has 2 rings (SSSR count). The zero-order chi connectivity index (χ0) is 12.4. The first kappa shape index (κ1) is 11.9. The van der Waals surface area contributed by atoms with Gasteiger partial charge in [-0.25, -0.2) is 4.79 Å². The predicted molar refractivity (Wildman–Crippen MR) is 65.5 cm³/mol. The summed E-state index contributed by atoms with van der Waals surface area (Å²) >= 11 is 3.36. The van der Waals surface area contributed by atoms with E-state index >= 15 is 0 Å². The molecule has 1 aromatic carbocycles. The summed E-state index contributed by atoms with van der Waals surface area (Å²) in [5, 5.41) is 2.76. The van der Waals surface area contributed by atoms with Gasteiger partial charge in [0.1, 0.15) is 6.10 Å². The molecule has 2 amide bonds. The van der Waals surface area contributed by atoms with Crippen LogP contribution in [0.2, 0.25) is 0 Å². The van der Waals surface area contributed by atoms with Crippen molar-refractivity contribution in [2.45, 2.75) is 18.9 Å². The number of fused-ring (bicyclic) bond motifs is 1. The molecule has 1 heterocycles. The van der Waals surface area contributed by atoms with Gasteiger partial charge in [-0.1, -0.05) is 15.9 Å². The van der Waals surface area contributed by atoms with Crippen molar-refractivity contribution in [3.05, 3.63) is 28.2 Å². The van der Waals surface area contributed by atoms with Crippen molar-refractivity contribution in [1.29, 1.82) is 0 Å². The maximum Gasteiger partial charge on any atom is 0.404 e. The molecule has 0 spiro atoms. The highest BCUT2D eigenvalue weighted by Gasteiger charge is 2.23. The summed E-state index contributed by atoms with van der Waals surface area (Å²) < 4.78 is 5.81. The van der Waals surface area contributed by atoms with E-state index in [2.05, 4.69) is 21.2 Å². The van der Waals surface area contributed by atoms with Crippen LogP contribution in [0.3, 0.4) is 0 Å². The summed E-state index contributed by atoms with van der Waals surface area (Å²) in [4.78, 5) is 22.3. The van der Waals surface area contributed by atoms with Gasteiger partial charge in [-0.2, -0.15) is 0 Å². The normalized spacial score (nSPS) is 18.9. The fourth-order valence-electron chi connectivity index (χ4n) is 1.83. The highest BCUT2D eigenvalue weighted by molar-refractivity contribution is 9.10. The molecule has 0 saturated heterocycles. The zero-order valence-electron chi connectivity index (χ0n) is 8.90. The Morgan fingerprint density at radius 3 is 2.94 bits per heavy atom. The van der Waals surface area contributed by atoms with Gasteiger partial charge in [0.25, 0.3) is 0 Å². The van der Waals surface area contributed by atoms with Crippen molar-refractivity contribution in [3.63, 3.8) is 0 Å². The average molecular weight is 299 g/mol. The minimum absolute atomic E-state index is 0.120. The van der Waals surface area contributed by atoms with E-state index in [0.29, 0.717) is 6.42 Å². The number of carbonyl (C=O) groups excluding carboxylic acids is 2. The first-order valence-corrected chi connectivity index (χ1v) is 5.88. The van der Waals surface area contributed by atoms with Crippen LogP contribution in [-0.2, 0) is 16.0 Å². The number of rotatable bonds is 1. The van der Waals surface area contributed by atoms with E-state index in [0.717, 1.165) is 15.7 Å². The molecule has 0 bridgehead atoms. The fourth-order valence-corrected chi connectivity index (χ4v) is 2.23. The van der Waals surface area contributed by atoms with E-state index in [4.69, 9.17) is 10.5 Å². The number of carbonyl (C=O) groups is 2. The summed E-state index contributed by atoms with van der Waals surface area (Å²) in [5.41, 5.74) is 6.63. The largest absolute Gasteiger partial charge is 0.445 e.